The molecule has 0 radical (unpaired) electrons. The molecule has 38 heavy (non-hydrogen) atoms. The Morgan fingerprint density at radius 2 is 1.97 bits per heavy atom. The summed E-state index contributed by atoms with van der Waals surface area (Å²) in [7, 11) is 3.64. The van der Waals surface area contributed by atoms with E-state index in [2.05, 4.69) is 19.5 Å². The molecular formula is C25H27Cl3F3N7. The van der Waals surface area contributed by atoms with Crippen molar-refractivity contribution in [3.05, 3.63) is 69.6 Å². The van der Waals surface area contributed by atoms with Crippen molar-refractivity contribution in [3.8, 4) is 0 Å². The normalized spacial score (nSPS) is 15.9. The molecule has 4 aromatic rings. The van der Waals surface area contributed by atoms with E-state index in [9.17, 15) is 13.2 Å². The highest BCUT2D eigenvalue weighted by Crippen LogP contribution is 2.37. The zero-order valence-electron chi connectivity index (χ0n) is 20.7. The standard InChI is InChI=1S/C25H26Cl2F3N7.ClH/c1-34(22-6-4-18(27)24(33-22)25(28,29)30)11-12-36-9-7-16-17-13-15(26)3-5-19(17)32-23(16)20(36)14-37-10-8-21(31)35(37)2;/h3-6,8,10,13,20,31-32H,7,9,11-12,14H2,1-2H3;1H. The van der Waals surface area contributed by atoms with Crippen LogP contribution in [-0.4, -0.2) is 46.2 Å². The van der Waals surface area contributed by atoms with Gasteiger partial charge in [-0.25, -0.2) is 4.98 Å². The molecule has 0 saturated carbocycles. The highest BCUT2D eigenvalue weighted by molar-refractivity contribution is 6.31. The number of nitrogen functional groups attached to an aromatic ring is 1. The number of rotatable bonds is 6. The topological polar surface area (TPSA) is 70.0 Å². The van der Waals surface area contributed by atoms with Crippen molar-refractivity contribution in [1.29, 1.82) is 0 Å². The maximum atomic E-state index is 13.3. The van der Waals surface area contributed by atoms with Crippen molar-refractivity contribution >= 4 is 45.7 Å². The number of alkyl halides is 3. The van der Waals surface area contributed by atoms with Gasteiger partial charge >= 0.3 is 6.18 Å². The molecule has 204 valence electrons. The second-order valence-electron chi connectivity index (χ2n) is 9.31. The Kier molecular flexibility index (Phi) is 8.09. The van der Waals surface area contributed by atoms with Crippen LogP contribution in [0.2, 0.25) is 10.0 Å². The fraction of sp³-hybridized carbons (Fsp3) is 0.360. The molecule has 5 rings (SSSR count). The summed E-state index contributed by atoms with van der Waals surface area (Å²) < 4.78 is 43.9. The van der Waals surface area contributed by atoms with Gasteiger partial charge in [-0.05, 0) is 42.3 Å². The van der Waals surface area contributed by atoms with Crippen LogP contribution in [0.3, 0.4) is 0 Å². The number of aromatic nitrogens is 4. The van der Waals surface area contributed by atoms with Crippen molar-refractivity contribution in [1.82, 2.24) is 19.5 Å². The van der Waals surface area contributed by atoms with Gasteiger partial charge in [-0.2, -0.15) is 13.2 Å². The average molecular weight is 589 g/mol. The lowest BCUT2D eigenvalue weighted by atomic mass is 9.97. The van der Waals surface area contributed by atoms with Crippen LogP contribution >= 0.6 is 23.2 Å². The number of H-pyrrole nitrogens is 1. The molecule has 1 aromatic carbocycles. The third-order valence-corrected chi connectivity index (χ3v) is 7.61. The molecule has 0 amide bonds. The van der Waals surface area contributed by atoms with E-state index >= 15 is 0 Å². The van der Waals surface area contributed by atoms with Gasteiger partial charge in [-0.1, -0.05) is 23.2 Å². The summed E-state index contributed by atoms with van der Waals surface area (Å²) in [5.41, 5.74) is 8.38. The van der Waals surface area contributed by atoms with E-state index in [1.807, 2.05) is 42.2 Å². The van der Waals surface area contributed by atoms with Crippen molar-refractivity contribution in [3.63, 3.8) is 0 Å². The zero-order chi connectivity index (χ0) is 26.5. The van der Waals surface area contributed by atoms with Gasteiger partial charge in [0.05, 0.1) is 18.1 Å². The molecule has 0 bridgehead atoms. The van der Waals surface area contributed by atoms with Crippen LogP contribution in [0.1, 0.15) is 23.0 Å². The minimum absolute atomic E-state index is 0. The Morgan fingerprint density at radius 3 is 2.66 bits per heavy atom. The zero-order valence-corrected chi connectivity index (χ0v) is 23.0. The highest BCUT2D eigenvalue weighted by Gasteiger charge is 2.36. The van der Waals surface area contributed by atoms with Crippen LogP contribution in [0.4, 0.5) is 24.8 Å². The van der Waals surface area contributed by atoms with Crippen molar-refractivity contribution < 1.29 is 30.3 Å². The van der Waals surface area contributed by atoms with Gasteiger partial charge in [0.15, 0.2) is 24.3 Å². The monoisotopic (exact) mass is 587 g/mol. The summed E-state index contributed by atoms with van der Waals surface area (Å²) in [5, 5.41) is 1.39. The van der Waals surface area contributed by atoms with Gasteiger partial charge in [0.2, 0.25) is 0 Å². The fourth-order valence-electron chi connectivity index (χ4n) is 4.98. The van der Waals surface area contributed by atoms with Crippen LogP contribution in [0, 0.1) is 0 Å². The molecule has 1 unspecified atom stereocenters. The van der Waals surface area contributed by atoms with E-state index in [-0.39, 0.29) is 24.3 Å². The Labute approximate surface area is 234 Å². The molecule has 1 aliphatic rings. The van der Waals surface area contributed by atoms with Crippen LogP contribution in [0.25, 0.3) is 10.9 Å². The summed E-state index contributed by atoms with van der Waals surface area (Å²) in [6, 6.07) is 10.4. The SMILES string of the molecule is CN(CCN1CCc2c([nH]c3ccc(Cl)cc23)C1C[n+]1ccc(N)n1C)c1ccc(Cl)c(C(F)(F)F)n1.[Cl-]. The first-order valence-electron chi connectivity index (χ1n) is 11.8. The van der Waals surface area contributed by atoms with Gasteiger partial charge < -0.3 is 28.0 Å². The molecule has 4 heterocycles. The average Bonchev–Trinajstić information content (AvgIpc) is 3.37. The van der Waals surface area contributed by atoms with E-state index in [0.29, 0.717) is 30.5 Å². The number of benzene rings is 1. The van der Waals surface area contributed by atoms with E-state index < -0.39 is 16.9 Å². The van der Waals surface area contributed by atoms with Gasteiger partial charge in [0.25, 0.3) is 0 Å². The van der Waals surface area contributed by atoms with E-state index in [1.54, 1.807) is 11.9 Å². The molecule has 3 N–H and O–H groups in total. The number of nitrogens with two attached hydrogens (primary N) is 1. The smallest absolute Gasteiger partial charge is 0.434 e. The van der Waals surface area contributed by atoms with Crippen LogP contribution < -0.4 is 27.7 Å². The molecule has 0 spiro atoms. The van der Waals surface area contributed by atoms with Gasteiger partial charge in [0, 0.05) is 48.3 Å². The molecule has 0 saturated heterocycles. The number of fused-ring (bicyclic) bond motifs is 3. The summed E-state index contributed by atoms with van der Waals surface area (Å²) in [4.78, 5) is 11.5. The van der Waals surface area contributed by atoms with Crippen LogP contribution in [0.15, 0.2) is 42.6 Å². The minimum atomic E-state index is -4.62. The minimum Gasteiger partial charge on any atom is -1.00 e. The summed E-state index contributed by atoms with van der Waals surface area (Å²) in [6.07, 6.45) is -1.84. The largest absolute Gasteiger partial charge is 1.00 e. The Balaban J connectivity index is 0.00000336. The van der Waals surface area contributed by atoms with E-state index in [0.717, 1.165) is 29.6 Å². The van der Waals surface area contributed by atoms with Gasteiger partial charge in [-0.3, -0.25) is 4.90 Å². The number of halogens is 6. The molecular weight excluding hydrogens is 562 g/mol. The quantitative estimate of drug-likeness (QED) is 0.338. The number of likely N-dealkylation sites (N-methyl/N-ethyl adjacent to an activating group) is 1. The molecule has 1 atom stereocenters. The lowest BCUT2D eigenvalue weighted by molar-refractivity contribution is -0.776. The number of hydrogen-bond donors (Lipinski definition) is 2. The lowest BCUT2D eigenvalue weighted by Gasteiger charge is -2.35. The second kappa shape index (κ2) is 10.8. The predicted molar refractivity (Wildman–Crippen MR) is 139 cm³/mol. The first-order valence-corrected chi connectivity index (χ1v) is 12.6. The summed E-state index contributed by atoms with van der Waals surface area (Å²) in [6.45, 7) is 2.52. The fourth-order valence-corrected chi connectivity index (χ4v) is 5.36. The predicted octanol–water partition coefficient (Wildman–Crippen LogP) is 1.84. The summed E-state index contributed by atoms with van der Waals surface area (Å²) >= 11 is 12.0. The molecule has 0 fully saturated rings. The third-order valence-electron chi connectivity index (χ3n) is 7.07. The highest BCUT2D eigenvalue weighted by atomic mass is 35.5. The summed E-state index contributed by atoms with van der Waals surface area (Å²) in [5.74, 6) is 0.871. The molecule has 7 nitrogen and oxygen atoms in total. The second-order valence-corrected chi connectivity index (χ2v) is 10.2. The van der Waals surface area contributed by atoms with Crippen molar-refractivity contribution in [2.24, 2.45) is 7.05 Å². The number of pyridine rings is 1. The Morgan fingerprint density at radius 1 is 1.21 bits per heavy atom. The number of hydrogen-bond acceptors (Lipinski definition) is 4. The number of anilines is 2. The number of aromatic amines is 1. The lowest BCUT2D eigenvalue weighted by Crippen LogP contribution is -3.00. The van der Waals surface area contributed by atoms with Crippen molar-refractivity contribution in [2.45, 2.75) is 25.2 Å². The Hall–Kier alpha value is -2.66. The number of nitrogens with zero attached hydrogens (tertiary/aromatic N) is 5. The van der Waals surface area contributed by atoms with Crippen molar-refractivity contribution in [2.75, 3.05) is 37.3 Å². The number of nitrogens with one attached hydrogen (secondary N) is 1. The van der Waals surface area contributed by atoms with Gasteiger partial charge in [-0.15, -0.1) is 9.36 Å². The Bertz CT molecular complexity index is 1450. The first kappa shape index (κ1) is 28.4. The molecule has 13 heteroatoms. The first-order chi connectivity index (χ1) is 17.5. The molecule has 3 aromatic heterocycles. The van der Waals surface area contributed by atoms with E-state index in [1.165, 1.54) is 17.7 Å². The van der Waals surface area contributed by atoms with Crippen LogP contribution in [-0.2, 0) is 26.2 Å². The third kappa shape index (κ3) is 5.40. The van der Waals surface area contributed by atoms with Crippen LogP contribution in [0.5, 0.6) is 0 Å². The maximum Gasteiger partial charge on any atom is 0.434 e. The van der Waals surface area contributed by atoms with E-state index in [4.69, 9.17) is 28.9 Å². The molecule has 1 aliphatic heterocycles. The maximum absolute atomic E-state index is 13.3. The molecule has 0 aliphatic carbocycles. The van der Waals surface area contributed by atoms with Gasteiger partial charge in [0.1, 0.15) is 11.9 Å².